The van der Waals surface area contributed by atoms with Crippen LogP contribution in [0.25, 0.3) is 0 Å². The second kappa shape index (κ2) is 8.79. The zero-order valence-corrected chi connectivity index (χ0v) is 13.8. The maximum absolute atomic E-state index is 12.1. The van der Waals surface area contributed by atoms with Crippen LogP contribution in [0.4, 0.5) is 5.69 Å². The molecule has 1 amide bonds. The van der Waals surface area contributed by atoms with Crippen LogP contribution in [-0.2, 0) is 4.79 Å². The van der Waals surface area contributed by atoms with Gasteiger partial charge in [0.15, 0.2) is 0 Å². The number of hydrogen-bond donors (Lipinski definition) is 2. The fourth-order valence-corrected chi connectivity index (χ4v) is 2.80. The van der Waals surface area contributed by atoms with Crippen molar-refractivity contribution in [3.05, 3.63) is 23.8 Å². The van der Waals surface area contributed by atoms with Gasteiger partial charge < -0.3 is 15.4 Å². The van der Waals surface area contributed by atoms with Crippen LogP contribution in [0.1, 0.15) is 44.6 Å². The van der Waals surface area contributed by atoms with Gasteiger partial charge in [0, 0.05) is 12.1 Å². The zero-order valence-electron chi connectivity index (χ0n) is 13.8. The Kier molecular flexibility index (Phi) is 6.72. The Labute approximate surface area is 133 Å². The minimum Gasteiger partial charge on any atom is -0.494 e. The third kappa shape index (κ3) is 5.34. The van der Waals surface area contributed by atoms with Crippen molar-refractivity contribution in [3.8, 4) is 5.75 Å². The quantitative estimate of drug-likeness (QED) is 0.810. The Balaban J connectivity index is 1.80. The molecular weight excluding hydrogens is 276 g/mol. The number of nitrogens with one attached hydrogen (secondary N) is 2. The fourth-order valence-electron chi connectivity index (χ4n) is 2.80. The van der Waals surface area contributed by atoms with Crippen LogP contribution < -0.4 is 15.4 Å². The summed E-state index contributed by atoms with van der Waals surface area (Å²) in [7, 11) is 0. The van der Waals surface area contributed by atoms with E-state index in [-0.39, 0.29) is 5.91 Å². The van der Waals surface area contributed by atoms with Crippen LogP contribution in [-0.4, -0.2) is 25.6 Å². The Hall–Kier alpha value is -1.55. The maximum atomic E-state index is 12.1. The SMILES string of the molecule is CCCOc1ccc(NC(=O)CCC2CCNCC2)c(C)c1. The number of aryl methyl sites for hydroxylation is 1. The molecule has 0 atom stereocenters. The molecule has 1 fully saturated rings. The largest absolute Gasteiger partial charge is 0.494 e. The number of benzene rings is 1. The van der Waals surface area contributed by atoms with E-state index in [9.17, 15) is 4.79 Å². The highest BCUT2D eigenvalue weighted by molar-refractivity contribution is 5.91. The van der Waals surface area contributed by atoms with Crippen molar-refractivity contribution in [2.24, 2.45) is 5.92 Å². The maximum Gasteiger partial charge on any atom is 0.224 e. The van der Waals surface area contributed by atoms with Crippen molar-refractivity contribution >= 4 is 11.6 Å². The number of anilines is 1. The molecule has 1 saturated heterocycles. The van der Waals surface area contributed by atoms with Gasteiger partial charge in [-0.05, 0) is 75.4 Å². The lowest BCUT2D eigenvalue weighted by Crippen LogP contribution is -2.28. The third-order valence-corrected chi connectivity index (χ3v) is 4.18. The summed E-state index contributed by atoms with van der Waals surface area (Å²) in [6, 6.07) is 5.84. The van der Waals surface area contributed by atoms with Crippen LogP contribution in [0.3, 0.4) is 0 Å². The standard InChI is InChI=1S/C18H28N2O2/c1-3-12-22-16-5-6-17(14(2)13-16)20-18(21)7-4-15-8-10-19-11-9-15/h5-6,13,15,19H,3-4,7-12H2,1-2H3,(H,20,21). The van der Waals surface area contributed by atoms with E-state index in [2.05, 4.69) is 17.6 Å². The summed E-state index contributed by atoms with van der Waals surface area (Å²) in [6.07, 6.45) is 4.97. The molecule has 0 unspecified atom stereocenters. The van der Waals surface area contributed by atoms with Gasteiger partial charge in [-0.15, -0.1) is 0 Å². The van der Waals surface area contributed by atoms with Crippen molar-refractivity contribution < 1.29 is 9.53 Å². The Morgan fingerprint density at radius 3 is 2.82 bits per heavy atom. The van der Waals surface area contributed by atoms with E-state index in [0.717, 1.165) is 49.5 Å². The number of ether oxygens (including phenoxy) is 1. The van der Waals surface area contributed by atoms with E-state index in [1.165, 1.54) is 12.8 Å². The molecule has 1 aliphatic rings. The lowest BCUT2D eigenvalue weighted by Gasteiger charge is -2.22. The molecule has 0 spiro atoms. The number of carbonyl (C=O) groups excluding carboxylic acids is 1. The Morgan fingerprint density at radius 2 is 2.14 bits per heavy atom. The molecule has 1 heterocycles. The summed E-state index contributed by atoms with van der Waals surface area (Å²) in [5.41, 5.74) is 1.93. The second-order valence-electron chi connectivity index (χ2n) is 6.11. The molecule has 0 bridgehead atoms. The zero-order chi connectivity index (χ0) is 15.8. The van der Waals surface area contributed by atoms with Gasteiger partial charge in [-0.2, -0.15) is 0 Å². The van der Waals surface area contributed by atoms with E-state index >= 15 is 0 Å². The highest BCUT2D eigenvalue weighted by Crippen LogP contribution is 2.23. The summed E-state index contributed by atoms with van der Waals surface area (Å²) < 4.78 is 5.60. The molecule has 1 aromatic carbocycles. The molecule has 0 radical (unpaired) electrons. The topological polar surface area (TPSA) is 50.4 Å². The first kappa shape index (κ1) is 16.8. The fraction of sp³-hybridized carbons (Fsp3) is 0.611. The molecule has 1 aromatic rings. The number of piperidine rings is 1. The van der Waals surface area contributed by atoms with Crippen LogP contribution >= 0.6 is 0 Å². The van der Waals surface area contributed by atoms with Crippen LogP contribution in [0.2, 0.25) is 0 Å². The molecule has 22 heavy (non-hydrogen) atoms. The van der Waals surface area contributed by atoms with Gasteiger partial charge >= 0.3 is 0 Å². The van der Waals surface area contributed by atoms with Crippen LogP contribution in [0, 0.1) is 12.8 Å². The molecule has 4 nitrogen and oxygen atoms in total. The first-order chi connectivity index (χ1) is 10.7. The third-order valence-electron chi connectivity index (χ3n) is 4.18. The van der Waals surface area contributed by atoms with Crippen molar-refractivity contribution in [2.45, 2.75) is 46.0 Å². The van der Waals surface area contributed by atoms with Gasteiger partial charge in [-0.3, -0.25) is 4.79 Å². The van der Waals surface area contributed by atoms with E-state index in [0.29, 0.717) is 12.3 Å². The first-order valence-electron chi connectivity index (χ1n) is 8.43. The molecule has 0 aliphatic carbocycles. The molecule has 122 valence electrons. The highest BCUT2D eigenvalue weighted by Gasteiger charge is 2.14. The van der Waals surface area contributed by atoms with E-state index in [4.69, 9.17) is 4.74 Å². The summed E-state index contributed by atoms with van der Waals surface area (Å²) in [5, 5.41) is 6.38. The summed E-state index contributed by atoms with van der Waals surface area (Å²) in [5.74, 6) is 1.67. The van der Waals surface area contributed by atoms with Crippen molar-refractivity contribution in [2.75, 3.05) is 25.0 Å². The highest BCUT2D eigenvalue weighted by atomic mass is 16.5. The molecule has 1 aliphatic heterocycles. The van der Waals surface area contributed by atoms with Gasteiger partial charge in [0.05, 0.1) is 6.61 Å². The summed E-state index contributed by atoms with van der Waals surface area (Å²) in [4.78, 5) is 12.1. The van der Waals surface area contributed by atoms with Crippen LogP contribution in [0.5, 0.6) is 5.75 Å². The molecule has 2 N–H and O–H groups in total. The van der Waals surface area contributed by atoms with Gasteiger partial charge in [-0.25, -0.2) is 0 Å². The van der Waals surface area contributed by atoms with Gasteiger partial charge in [-0.1, -0.05) is 6.92 Å². The van der Waals surface area contributed by atoms with Gasteiger partial charge in [0.25, 0.3) is 0 Å². The molecular formula is C18H28N2O2. The number of rotatable bonds is 7. The van der Waals surface area contributed by atoms with E-state index in [1.807, 2.05) is 25.1 Å². The van der Waals surface area contributed by atoms with Gasteiger partial charge in [0.2, 0.25) is 5.91 Å². The van der Waals surface area contributed by atoms with Crippen molar-refractivity contribution in [1.82, 2.24) is 5.32 Å². The van der Waals surface area contributed by atoms with Gasteiger partial charge in [0.1, 0.15) is 5.75 Å². The molecule has 0 aromatic heterocycles. The van der Waals surface area contributed by atoms with Crippen LogP contribution in [0.15, 0.2) is 18.2 Å². The average Bonchev–Trinajstić information content (AvgIpc) is 2.54. The lowest BCUT2D eigenvalue weighted by molar-refractivity contribution is -0.116. The molecule has 4 heteroatoms. The summed E-state index contributed by atoms with van der Waals surface area (Å²) in [6.45, 7) is 6.99. The number of hydrogen-bond acceptors (Lipinski definition) is 3. The smallest absolute Gasteiger partial charge is 0.224 e. The number of carbonyl (C=O) groups is 1. The average molecular weight is 304 g/mol. The molecule has 2 rings (SSSR count). The monoisotopic (exact) mass is 304 g/mol. The van der Waals surface area contributed by atoms with E-state index < -0.39 is 0 Å². The predicted molar refractivity (Wildman–Crippen MR) is 90.4 cm³/mol. The Morgan fingerprint density at radius 1 is 1.36 bits per heavy atom. The first-order valence-corrected chi connectivity index (χ1v) is 8.43. The Bertz CT molecular complexity index is 482. The minimum absolute atomic E-state index is 0.115. The summed E-state index contributed by atoms with van der Waals surface area (Å²) >= 11 is 0. The second-order valence-corrected chi connectivity index (χ2v) is 6.11. The lowest BCUT2D eigenvalue weighted by atomic mass is 9.93. The van der Waals surface area contributed by atoms with E-state index in [1.54, 1.807) is 0 Å². The number of amides is 1. The predicted octanol–water partition coefficient (Wildman–Crippen LogP) is 3.50. The minimum atomic E-state index is 0.115. The molecule has 0 saturated carbocycles. The van der Waals surface area contributed by atoms with Crippen molar-refractivity contribution in [3.63, 3.8) is 0 Å². The van der Waals surface area contributed by atoms with Crippen molar-refractivity contribution in [1.29, 1.82) is 0 Å². The normalized spacial score (nSPS) is 15.5.